The summed E-state index contributed by atoms with van der Waals surface area (Å²) in [6.45, 7) is 4.15. The zero-order valence-electron chi connectivity index (χ0n) is 16.6. The Morgan fingerprint density at radius 1 is 1.21 bits per heavy atom. The third kappa shape index (κ3) is 4.98. The highest BCUT2D eigenvalue weighted by Gasteiger charge is 2.22. The first kappa shape index (κ1) is 20.3. The van der Waals surface area contributed by atoms with Gasteiger partial charge in [-0.05, 0) is 37.5 Å². The Labute approximate surface area is 175 Å². The summed E-state index contributed by atoms with van der Waals surface area (Å²) in [4.78, 5) is 8.20. The van der Waals surface area contributed by atoms with E-state index in [0.29, 0.717) is 36.6 Å². The maximum absolute atomic E-state index is 14.1. The normalized spacial score (nSPS) is 23.1. The van der Waals surface area contributed by atoms with Crippen molar-refractivity contribution in [3.8, 4) is 5.88 Å². The molecule has 158 valence electrons. The Morgan fingerprint density at radius 3 is 2.72 bits per heavy atom. The molecule has 0 radical (unpaired) electrons. The van der Waals surface area contributed by atoms with Crippen LogP contribution >= 0.6 is 11.6 Å². The van der Waals surface area contributed by atoms with E-state index in [2.05, 4.69) is 27.3 Å². The fraction of sp³-hybridized carbons (Fsp3) is 0.650. The SMILES string of the molecule is C[C@H]1CC[C@H](COc2nc(Nc3cnn(C4CCOCC4)c3Cl)ncc2F)CC1. The second-order valence-corrected chi connectivity index (χ2v) is 8.40. The van der Waals surface area contributed by atoms with Crippen LogP contribution < -0.4 is 10.1 Å². The van der Waals surface area contributed by atoms with Gasteiger partial charge >= 0.3 is 0 Å². The van der Waals surface area contributed by atoms with Crippen LogP contribution in [0.4, 0.5) is 16.0 Å². The second-order valence-electron chi connectivity index (χ2n) is 8.05. The molecule has 4 rings (SSSR count). The van der Waals surface area contributed by atoms with Crippen molar-refractivity contribution >= 4 is 23.2 Å². The number of halogens is 2. The molecule has 2 aliphatic rings. The zero-order valence-corrected chi connectivity index (χ0v) is 17.4. The minimum absolute atomic E-state index is 0.0333. The monoisotopic (exact) mass is 423 g/mol. The number of aromatic nitrogens is 4. The van der Waals surface area contributed by atoms with Crippen LogP contribution in [0.25, 0.3) is 0 Å². The molecule has 2 fully saturated rings. The summed E-state index contributed by atoms with van der Waals surface area (Å²) < 4.78 is 27.0. The highest BCUT2D eigenvalue weighted by atomic mass is 35.5. The molecule has 29 heavy (non-hydrogen) atoms. The molecule has 2 aromatic heterocycles. The van der Waals surface area contributed by atoms with Gasteiger partial charge in [-0.25, -0.2) is 9.67 Å². The fourth-order valence-electron chi connectivity index (χ4n) is 3.94. The van der Waals surface area contributed by atoms with Crippen molar-refractivity contribution in [1.29, 1.82) is 0 Å². The van der Waals surface area contributed by atoms with E-state index < -0.39 is 5.82 Å². The van der Waals surface area contributed by atoms with Gasteiger partial charge in [-0.2, -0.15) is 14.5 Å². The Morgan fingerprint density at radius 2 is 1.97 bits per heavy atom. The quantitative estimate of drug-likeness (QED) is 0.721. The first-order valence-electron chi connectivity index (χ1n) is 10.3. The van der Waals surface area contributed by atoms with E-state index in [1.54, 1.807) is 10.9 Å². The molecule has 1 saturated heterocycles. The highest BCUT2D eigenvalue weighted by molar-refractivity contribution is 6.32. The average molecular weight is 424 g/mol. The molecule has 3 heterocycles. The van der Waals surface area contributed by atoms with Gasteiger partial charge in [-0.15, -0.1) is 0 Å². The Hall–Kier alpha value is -1.93. The van der Waals surface area contributed by atoms with Gasteiger partial charge in [0.25, 0.3) is 5.88 Å². The number of nitrogens with one attached hydrogen (secondary N) is 1. The molecule has 1 aliphatic heterocycles. The van der Waals surface area contributed by atoms with Crippen molar-refractivity contribution in [3.63, 3.8) is 0 Å². The second kappa shape index (κ2) is 9.26. The minimum Gasteiger partial charge on any atom is -0.475 e. The lowest BCUT2D eigenvalue weighted by Crippen LogP contribution is -2.20. The van der Waals surface area contributed by atoms with Gasteiger partial charge in [0.15, 0.2) is 5.15 Å². The van der Waals surface area contributed by atoms with E-state index in [9.17, 15) is 4.39 Å². The van der Waals surface area contributed by atoms with Crippen LogP contribution in [0.1, 0.15) is 51.5 Å². The molecule has 2 aromatic rings. The standard InChI is InChI=1S/C20H27ClFN5O2/c1-13-2-4-14(5-3-13)12-29-19-16(22)10-23-20(26-19)25-17-11-24-27(18(17)21)15-6-8-28-9-7-15/h10-11,13-15H,2-9,12H2,1H3,(H,23,25,26)/t13-,14-. The molecule has 1 N–H and O–H groups in total. The van der Waals surface area contributed by atoms with Gasteiger partial charge in [0.05, 0.1) is 30.7 Å². The van der Waals surface area contributed by atoms with E-state index in [4.69, 9.17) is 21.1 Å². The Bertz CT molecular complexity index is 819. The summed E-state index contributed by atoms with van der Waals surface area (Å²) in [5.74, 6) is 0.846. The average Bonchev–Trinajstić information content (AvgIpc) is 3.10. The van der Waals surface area contributed by atoms with Crippen LogP contribution in [0.15, 0.2) is 12.4 Å². The lowest BCUT2D eigenvalue weighted by Gasteiger charge is -2.25. The van der Waals surface area contributed by atoms with E-state index in [1.807, 2.05) is 0 Å². The lowest BCUT2D eigenvalue weighted by molar-refractivity contribution is 0.0663. The third-order valence-corrected chi connectivity index (χ3v) is 6.20. The third-order valence-electron chi connectivity index (χ3n) is 5.82. The number of rotatable bonds is 6. The van der Waals surface area contributed by atoms with Crippen LogP contribution in [0.3, 0.4) is 0 Å². The highest BCUT2D eigenvalue weighted by Crippen LogP contribution is 2.31. The molecule has 9 heteroatoms. The smallest absolute Gasteiger partial charge is 0.255 e. The largest absolute Gasteiger partial charge is 0.475 e. The summed E-state index contributed by atoms with van der Waals surface area (Å²) in [5.41, 5.74) is 0.581. The van der Waals surface area contributed by atoms with Crippen molar-refractivity contribution in [1.82, 2.24) is 19.7 Å². The number of anilines is 2. The van der Waals surface area contributed by atoms with Gasteiger partial charge in [-0.3, -0.25) is 0 Å². The maximum Gasteiger partial charge on any atom is 0.255 e. The van der Waals surface area contributed by atoms with E-state index >= 15 is 0 Å². The molecule has 0 spiro atoms. The predicted octanol–water partition coefficient (Wildman–Crippen LogP) is 4.77. The molecule has 7 nitrogen and oxygen atoms in total. The molecule has 0 bridgehead atoms. The van der Waals surface area contributed by atoms with Crippen molar-refractivity contribution in [2.24, 2.45) is 11.8 Å². The van der Waals surface area contributed by atoms with E-state index in [1.165, 1.54) is 12.8 Å². The number of hydrogen-bond acceptors (Lipinski definition) is 6. The Balaban J connectivity index is 1.40. The van der Waals surface area contributed by atoms with Gasteiger partial charge in [0.2, 0.25) is 11.8 Å². The summed E-state index contributed by atoms with van der Waals surface area (Å²) >= 11 is 6.49. The van der Waals surface area contributed by atoms with Crippen molar-refractivity contribution in [2.75, 3.05) is 25.1 Å². The topological polar surface area (TPSA) is 74.1 Å². The van der Waals surface area contributed by atoms with Crippen LogP contribution in [0.5, 0.6) is 5.88 Å². The van der Waals surface area contributed by atoms with Crippen molar-refractivity contribution in [3.05, 3.63) is 23.4 Å². The number of hydrogen-bond donors (Lipinski definition) is 1. The summed E-state index contributed by atoms with van der Waals surface area (Å²) in [6, 6.07) is 0.207. The maximum atomic E-state index is 14.1. The molecule has 0 atom stereocenters. The predicted molar refractivity (Wildman–Crippen MR) is 108 cm³/mol. The molecule has 0 unspecified atom stereocenters. The summed E-state index contributed by atoms with van der Waals surface area (Å²) in [7, 11) is 0. The van der Waals surface area contributed by atoms with Crippen LogP contribution in [0.2, 0.25) is 5.15 Å². The number of ether oxygens (including phenoxy) is 2. The van der Waals surface area contributed by atoms with Crippen molar-refractivity contribution < 1.29 is 13.9 Å². The molecule has 1 saturated carbocycles. The minimum atomic E-state index is -0.566. The molecular formula is C20H27ClFN5O2. The van der Waals surface area contributed by atoms with Gasteiger partial charge in [-0.1, -0.05) is 31.4 Å². The molecule has 0 amide bonds. The van der Waals surface area contributed by atoms with Crippen molar-refractivity contribution in [2.45, 2.75) is 51.5 Å². The zero-order chi connectivity index (χ0) is 20.2. The van der Waals surface area contributed by atoms with E-state index in [-0.39, 0.29) is 17.9 Å². The first-order chi connectivity index (χ1) is 14.1. The summed E-state index contributed by atoms with van der Waals surface area (Å²) in [6.07, 6.45) is 9.10. The van der Waals surface area contributed by atoms with Crippen LogP contribution in [-0.4, -0.2) is 39.6 Å². The molecule has 1 aliphatic carbocycles. The molecular weight excluding hydrogens is 397 g/mol. The molecule has 0 aromatic carbocycles. The van der Waals surface area contributed by atoms with Gasteiger partial charge in [0.1, 0.15) is 0 Å². The first-order valence-corrected chi connectivity index (χ1v) is 10.7. The van der Waals surface area contributed by atoms with Gasteiger partial charge < -0.3 is 14.8 Å². The fourth-order valence-corrected chi connectivity index (χ4v) is 4.22. The van der Waals surface area contributed by atoms with Gasteiger partial charge in [0, 0.05) is 13.2 Å². The Kier molecular flexibility index (Phi) is 6.50. The number of nitrogens with zero attached hydrogens (tertiary/aromatic N) is 4. The van der Waals surface area contributed by atoms with Crippen LogP contribution in [-0.2, 0) is 4.74 Å². The lowest BCUT2D eigenvalue weighted by atomic mass is 9.83. The van der Waals surface area contributed by atoms with E-state index in [0.717, 1.165) is 37.8 Å². The summed E-state index contributed by atoms with van der Waals surface area (Å²) in [5, 5.41) is 7.89. The van der Waals surface area contributed by atoms with Crippen LogP contribution in [0, 0.1) is 17.7 Å².